The molecule has 0 N–H and O–H groups in total. The third kappa shape index (κ3) is 5.83. The maximum Gasteiger partial charge on any atom is 0.0700 e. The maximum absolute atomic E-state index is 4.76. The van der Waals surface area contributed by atoms with Gasteiger partial charge in [0.1, 0.15) is 0 Å². The van der Waals surface area contributed by atoms with Gasteiger partial charge in [-0.1, -0.05) is 19.1 Å². The summed E-state index contributed by atoms with van der Waals surface area (Å²) >= 11 is 0. The van der Waals surface area contributed by atoms with Crippen LogP contribution in [0.15, 0.2) is 12.2 Å². The largest absolute Gasteiger partial charge is 0.379 e. The second kappa shape index (κ2) is 6.81. The lowest BCUT2D eigenvalue weighted by molar-refractivity contribution is 0.192. The minimum atomic E-state index is 0.633. The Labute approximate surface area is 64.1 Å². The monoisotopic (exact) mass is 141 g/mol. The number of hydrogen-bond acceptors (Lipinski definition) is 1. The quantitative estimate of drug-likeness (QED) is 0.535. The van der Waals surface area contributed by atoms with Crippen molar-refractivity contribution in [3.8, 4) is 0 Å². The van der Waals surface area contributed by atoms with Crippen LogP contribution in [0.2, 0.25) is 0 Å². The fourth-order valence-electron chi connectivity index (χ4n) is 0.832. The summed E-state index contributed by atoms with van der Waals surface area (Å²) in [6.07, 6.45) is 6.61. The van der Waals surface area contributed by atoms with E-state index >= 15 is 0 Å². The van der Waals surface area contributed by atoms with Crippen LogP contribution in [0.1, 0.15) is 26.7 Å². The molecule has 0 aromatic carbocycles. The van der Waals surface area contributed by atoms with Gasteiger partial charge in [0.2, 0.25) is 0 Å². The first-order valence-electron chi connectivity index (χ1n) is 3.79. The van der Waals surface area contributed by atoms with E-state index < -0.39 is 0 Å². The van der Waals surface area contributed by atoms with E-state index in [1.165, 1.54) is 6.42 Å². The van der Waals surface area contributed by atoms with E-state index in [-0.39, 0.29) is 0 Å². The van der Waals surface area contributed by atoms with Crippen LogP contribution in [-0.2, 0) is 4.74 Å². The Balaban J connectivity index is 3.12. The highest BCUT2D eigenvalue weighted by Crippen LogP contribution is 2.05. The summed E-state index contributed by atoms with van der Waals surface area (Å²) in [6, 6.07) is 0. The zero-order valence-electron chi connectivity index (χ0n) is 6.97. The van der Waals surface area contributed by atoms with Gasteiger partial charge in [0.15, 0.2) is 0 Å². The van der Waals surface area contributed by atoms with E-state index in [1.54, 1.807) is 0 Å². The molecule has 0 spiro atoms. The Hall–Kier alpha value is -0.300. The van der Waals surface area contributed by atoms with Crippen molar-refractivity contribution in [3.63, 3.8) is 0 Å². The van der Waals surface area contributed by atoms with E-state index in [1.807, 2.05) is 6.92 Å². The average molecular weight is 141 g/mol. The molecule has 0 amide bonds. The van der Waals surface area contributed by atoms with E-state index in [9.17, 15) is 0 Å². The molecule has 1 nitrogen and oxygen atoms in total. The lowest BCUT2D eigenvalue weighted by Crippen LogP contribution is -2.01. The van der Waals surface area contributed by atoms with E-state index in [0.29, 0.717) is 5.92 Å². The number of allylic oxidation sites excluding steroid dienone is 2. The fourth-order valence-corrected chi connectivity index (χ4v) is 0.832. The van der Waals surface area contributed by atoms with Gasteiger partial charge < -0.3 is 4.74 Å². The van der Waals surface area contributed by atoms with Crippen molar-refractivity contribution in [1.29, 1.82) is 0 Å². The Kier molecular flexibility index (Phi) is 6.61. The summed E-state index contributed by atoms with van der Waals surface area (Å²) in [4.78, 5) is 0. The van der Waals surface area contributed by atoms with Crippen molar-refractivity contribution < 1.29 is 4.74 Å². The molecule has 1 radical (unpaired) electrons. The van der Waals surface area contributed by atoms with Crippen molar-refractivity contribution in [2.45, 2.75) is 26.7 Å². The summed E-state index contributed by atoms with van der Waals surface area (Å²) in [5.41, 5.74) is 0. The first-order chi connectivity index (χ1) is 4.81. The summed E-state index contributed by atoms with van der Waals surface area (Å²) in [5.74, 6) is 0.633. The smallest absolute Gasteiger partial charge is 0.0700 e. The molecule has 0 aliphatic carbocycles. The van der Waals surface area contributed by atoms with Crippen molar-refractivity contribution in [2.75, 3.05) is 6.61 Å². The molecule has 10 heavy (non-hydrogen) atoms. The van der Waals surface area contributed by atoms with Crippen LogP contribution in [0, 0.1) is 13.0 Å². The molecule has 0 heterocycles. The molecule has 0 aliphatic heterocycles. The van der Waals surface area contributed by atoms with E-state index in [4.69, 9.17) is 4.74 Å². The lowest BCUT2D eigenvalue weighted by atomic mass is 10.1. The normalized spacial score (nSPS) is 14.3. The molecule has 0 aromatic rings. The molecule has 0 saturated carbocycles. The minimum Gasteiger partial charge on any atom is -0.379 e. The SMILES string of the molecule is [CH2]OCC(C)CCC=CC. The zero-order chi connectivity index (χ0) is 7.82. The van der Waals surface area contributed by atoms with E-state index in [2.05, 4.69) is 26.2 Å². The predicted octanol–water partition coefficient (Wildman–Crippen LogP) is 2.79. The second-order valence-corrected chi connectivity index (χ2v) is 2.62. The Morgan fingerprint density at radius 1 is 1.60 bits per heavy atom. The average Bonchev–Trinajstić information content (AvgIpc) is 1.89. The van der Waals surface area contributed by atoms with Crippen LogP contribution >= 0.6 is 0 Å². The van der Waals surface area contributed by atoms with Gasteiger partial charge in [0.05, 0.1) is 7.11 Å². The zero-order valence-corrected chi connectivity index (χ0v) is 6.97. The lowest BCUT2D eigenvalue weighted by Gasteiger charge is -2.06. The van der Waals surface area contributed by atoms with Crippen LogP contribution < -0.4 is 0 Å². The molecule has 0 aliphatic rings. The molecular weight excluding hydrogens is 124 g/mol. The first-order valence-corrected chi connectivity index (χ1v) is 3.79. The van der Waals surface area contributed by atoms with Crippen LogP contribution in [0.4, 0.5) is 0 Å². The Morgan fingerprint density at radius 2 is 2.30 bits per heavy atom. The molecule has 0 aromatic heterocycles. The number of ether oxygens (including phenoxy) is 1. The molecule has 0 bridgehead atoms. The Bertz CT molecular complexity index is 86.7. The van der Waals surface area contributed by atoms with Crippen LogP contribution in [0.5, 0.6) is 0 Å². The van der Waals surface area contributed by atoms with Crippen molar-refractivity contribution in [1.82, 2.24) is 0 Å². The summed E-state index contributed by atoms with van der Waals surface area (Å²) in [7, 11) is 3.34. The number of rotatable bonds is 5. The standard InChI is InChI=1S/C9H17O/c1-4-5-6-7-9(2)8-10-3/h4-5,9H,3,6-8H2,1-2H3. The molecular formula is C9H17O. The second-order valence-electron chi connectivity index (χ2n) is 2.62. The Morgan fingerprint density at radius 3 is 2.80 bits per heavy atom. The summed E-state index contributed by atoms with van der Waals surface area (Å²) in [6.45, 7) is 4.99. The van der Waals surface area contributed by atoms with Crippen LogP contribution in [0.25, 0.3) is 0 Å². The third-order valence-electron chi connectivity index (χ3n) is 1.46. The highest BCUT2D eigenvalue weighted by Gasteiger charge is 1.97. The molecule has 1 unspecified atom stereocenters. The molecule has 0 rings (SSSR count). The van der Waals surface area contributed by atoms with Crippen molar-refractivity contribution >= 4 is 0 Å². The molecule has 0 saturated heterocycles. The van der Waals surface area contributed by atoms with Gasteiger partial charge in [-0.25, -0.2) is 0 Å². The van der Waals surface area contributed by atoms with Gasteiger partial charge in [-0.3, -0.25) is 0 Å². The van der Waals surface area contributed by atoms with Crippen molar-refractivity contribution in [3.05, 3.63) is 19.3 Å². The highest BCUT2D eigenvalue weighted by atomic mass is 16.5. The maximum atomic E-state index is 4.76. The van der Waals surface area contributed by atoms with Gasteiger partial charge in [-0.05, 0) is 25.7 Å². The predicted molar refractivity (Wildman–Crippen MR) is 44.5 cm³/mol. The first kappa shape index (κ1) is 9.70. The van der Waals surface area contributed by atoms with Crippen LogP contribution in [0.3, 0.4) is 0 Å². The van der Waals surface area contributed by atoms with E-state index in [0.717, 1.165) is 13.0 Å². The molecule has 1 heteroatoms. The van der Waals surface area contributed by atoms with Crippen molar-refractivity contribution in [2.24, 2.45) is 5.92 Å². The summed E-state index contributed by atoms with van der Waals surface area (Å²) in [5, 5.41) is 0. The summed E-state index contributed by atoms with van der Waals surface area (Å²) < 4.78 is 4.76. The third-order valence-corrected chi connectivity index (χ3v) is 1.46. The molecule has 59 valence electrons. The molecule has 1 atom stereocenters. The minimum absolute atomic E-state index is 0.633. The van der Waals surface area contributed by atoms with Gasteiger partial charge in [-0.15, -0.1) is 0 Å². The number of hydrogen-bond donors (Lipinski definition) is 0. The van der Waals surface area contributed by atoms with Gasteiger partial charge in [0, 0.05) is 6.61 Å². The van der Waals surface area contributed by atoms with Gasteiger partial charge in [-0.2, -0.15) is 0 Å². The molecule has 0 fully saturated rings. The van der Waals surface area contributed by atoms with Gasteiger partial charge >= 0.3 is 0 Å². The van der Waals surface area contributed by atoms with Gasteiger partial charge in [0.25, 0.3) is 0 Å². The fraction of sp³-hybridized carbons (Fsp3) is 0.667. The highest BCUT2D eigenvalue weighted by molar-refractivity contribution is 4.77. The topological polar surface area (TPSA) is 9.23 Å². The van der Waals surface area contributed by atoms with Crippen LogP contribution in [-0.4, -0.2) is 6.61 Å².